The first-order valence-electron chi connectivity index (χ1n) is 4.24. The first-order chi connectivity index (χ1) is 7.31. The minimum atomic E-state index is -0.0624. The quantitative estimate of drug-likeness (QED) is 0.740. The van der Waals surface area contributed by atoms with E-state index < -0.39 is 0 Å². The fourth-order valence-corrected chi connectivity index (χ4v) is 1.69. The van der Waals surface area contributed by atoms with Crippen LogP contribution in [0.25, 0.3) is 0 Å². The summed E-state index contributed by atoms with van der Waals surface area (Å²) in [6, 6.07) is 3.35. The van der Waals surface area contributed by atoms with Crippen molar-refractivity contribution in [2.75, 3.05) is 7.11 Å². The van der Waals surface area contributed by atoms with Gasteiger partial charge in [-0.2, -0.15) is 0 Å². The summed E-state index contributed by atoms with van der Waals surface area (Å²) in [6.07, 6.45) is 3.05. The predicted octanol–water partition coefficient (Wildman–Crippen LogP) is 1.78. The molecule has 0 amide bonds. The minimum Gasteiger partial charge on any atom is -0.481 e. The molecule has 76 valence electrons. The molecule has 0 bridgehead atoms. The van der Waals surface area contributed by atoms with Crippen molar-refractivity contribution in [1.29, 1.82) is 0 Å². The van der Waals surface area contributed by atoms with E-state index in [4.69, 9.17) is 4.74 Å². The topological polar surface area (TPSA) is 52.1 Å². The molecule has 0 atom stereocenters. The average molecular weight is 220 g/mol. The zero-order valence-corrected chi connectivity index (χ0v) is 8.82. The smallest absolute Gasteiger partial charge is 0.212 e. The number of carbonyl (C=O) groups is 1. The molecule has 4 nitrogen and oxygen atoms in total. The van der Waals surface area contributed by atoms with Crippen molar-refractivity contribution >= 4 is 17.1 Å². The molecular weight excluding hydrogens is 212 g/mol. The van der Waals surface area contributed by atoms with E-state index in [9.17, 15) is 4.79 Å². The van der Waals surface area contributed by atoms with Gasteiger partial charge in [0.25, 0.3) is 0 Å². The number of aromatic nitrogens is 2. The maximum Gasteiger partial charge on any atom is 0.212 e. The molecule has 0 saturated carbocycles. The molecule has 0 aliphatic heterocycles. The van der Waals surface area contributed by atoms with Crippen LogP contribution in [0.3, 0.4) is 0 Å². The lowest BCUT2D eigenvalue weighted by Crippen LogP contribution is -1.99. The number of rotatable bonds is 3. The molecule has 0 saturated heterocycles. The Morgan fingerprint density at radius 2 is 2.27 bits per heavy atom. The molecule has 2 aromatic rings. The summed E-state index contributed by atoms with van der Waals surface area (Å²) in [5.41, 5.74) is 2.17. The summed E-state index contributed by atoms with van der Waals surface area (Å²) < 4.78 is 4.91. The van der Waals surface area contributed by atoms with Crippen molar-refractivity contribution in [3.8, 4) is 5.88 Å². The molecule has 0 aliphatic carbocycles. The normalized spacial score (nSPS) is 9.93. The Bertz CT molecular complexity index is 451. The first kappa shape index (κ1) is 9.79. The highest BCUT2D eigenvalue weighted by Gasteiger charge is 2.10. The van der Waals surface area contributed by atoms with Crippen LogP contribution in [0.15, 0.2) is 30.0 Å². The monoisotopic (exact) mass is 220 g/mol. The molecule has 0 radical (unpaired) electrons. The first-order valence-corrected chi connectivity index (χ1v) is 5.12. The molecule has 15 heavy (non-hydrogen) atoms. The zero-order valence-electron chi connectivity index (χ0n) is 8.01. The number of hydrogen-bond donors (Lipinski definition) is 0. The van der Waals surface area contributed by atoms with E-state index in [0.29, 0.717) is 16.3 Å². The highest BCUT2D eigenvalue weighted by atomic mass is 32.1. The fourth-order valence-electron chi connectivity index (χ4n) is 1.11. The molecule has 0 aromatic carbocycles. The third-order valence-corrected chi connectivity index (χ3v) is 2.64. The van der Waals surface area contributed by atoms with E-state index in [-0.39, 0.29) is 5.78 Å². The second-order valence-corrected chi connectivity index (χ2v) is 3.67. The van der Waals surface area contributed by atoms with Gasteiger partial charge in [0.2, 0.25) is 11.7 Å². The lowest BCUT2D eigenvalue weighted by Gasteiger charge is -1.99. The third-order valence-electron chi connectivity index (χ3n) is 1.86. The molecule has 5 heteroatoms. The van der Waals surface area contributed by atoms with Crippen LogP contribution in [0.2, 0.25) is 0 Å². The van der Waals surface area contributed by atoms with E-state index in [0.717, 1.165) is 0 Å². The van der Waals surface area contributed by atoms with Gasteiger partial charge in [-0.15, -0.1) is 11.3 Å². The van der Waals surface area contributed by atoms with Crippen LogP contribution in [0.4, 0.5) is 0 Å². The van der Waals surface area contributed by atoms with E-state index in [2.05, 4.69) is 9.97 Å². The number of thiazole rings is 1. The van der Waals surface area contributed by atoms with Gasteiger partial charge >= 0.3 is 0 Å². The van der Waals surface area contributed by atoms with Gasteiger partial charge in [-0.1, -0.05) is 0 Å². The maximum atomic E-state index is 11.8. The summed E-state index contributed by atoms with van der Waals surface area (Å²) in [6.45, 7) is 0. The Morgan fingerprint density at radius 1 is 1.40 bits per heavy atom. The maximum absolute atomic E-state index is 11.8. The predicted molar refractivity (Wildman–Crippen MR) is 56.3 cm³/mol. The van der Waals surface area contributed by atoms with Gasteiger partial charge in [0, 0.05) is 24.0 Å². The Labute approximate surface area is 90.6 Å². The molecule has 2 heterocycles. The van der Waals surface area contributed by atoms with Gasteiger partial charge in [-0.05, 0) is 6.07 Å². The lowest BCUT2D eigenvalue weighted by molar-refractivity contribution is 0.104. The Morgan fingerprint density at radius 3 is 2.80 bits per heavy atom. The number of hydrogen-bond acceptors (Lipinski definition) is 5. The van der Waals surface area contributed by atoms with Gasteiger partial charge in [0.05, 0.1) is 17.5 Å². The number of methoxy groups -OCH3 is 1. The van der Waals surface area contributed by atoms with Gasteiger partial charge in [-0.25, -0.2) is 4.98 Å². The van der Waals surface area contributed by atoms with E-state index in [1.54, 1.807) is 23.8 Å². The van der Waals surface area contributed by atoms with E-state index >= 15 is 0 Å². The van der Waals surface area contributed by atoms with Crippen molar-refractivity contribution in [2.24, 2.45) is 0 Å². The zero-order chi connectivity index (χ0) is 10.7. The van der Waals surface area contributed by atoms with E-state index in [1.165, 1.54) is 24.6 Å². The SMILES string of the molecule is COc1ccc(C(=O)c2cncs2)cn1. The molecule has 0 spiro atoms. The standard InChI is InChI=1S/C10H8N2O2S/c1-14-9-3-2-7(4-12-9)10(13)8-5-11-6-15-8/h2-6H,1H3. The van der Waals surface area contributed by atoms with Gasteiger partial charge in [0.1, 0.15) is 0 Å². The summed E-state index contributed by atoms with van der Waals surface area (Å²) in [5, 5.41) is 0. The number of pyridine rings is 1. The van der Waals surface area contributed by atoms with Crippen molar-refractivity contribution in [3.05, 3.63) is 40.5 Å². The minimum absolute atomic E-state index is 0.0624. The fraction of sp³-hybridized carbons (Fsp3) is 0.100. The summed E-state index contributed by atoms with van der Waals surface area (Å²) in [4.78, 5) is 20.2. The Hall–Kier alpha value is -1.75. The van der Waals surface area contributed by atoms with Crippen LogP contribution in [0, 0.1) is 0 Å². The largest absolute Gasteiger partial charge is 0.481 e. The molecule has 0 N–H and O–H groups in total. The van der Waals surface area contributed by atoms with Crippen molar-refractivity contribution < 1.29 is 9.53 Å². The van der Waals surface area contributed by atoms with Crippen LogP contribution in [-0.2, 0) is 0 Å². The molecule has 0 fully saturated rings. The highest BCUT2D eigenvalue weighted by Crippen LogP contribution is 2.14. The van der Waals surface area contributed by atoms with Gasteiger partial charge < -0.3 is 4.74 Å². The van der Waals surface area contributed by atoms with Crippen molar-refractivity contribution in [3.63, 3.8) is 0 Å². The summed E-state index contributed by atoms with van der Waals surface area (Å²) >= 11 is 1.32. The number of ether oxygens (including phenoxy) is 1. The average Bonchev–Trinajstić information content (AvgIpc) is 2.82. The van der Waals surface area contributed by atoms with Crippen molar-refractivity contribution in [2.45, 2.75) is 0 Å². The van der Waals surface area contributed by atoms with Gasteiger partial charge in [-0.3, -0.25) is 9.78 Å². The number of ketones is 1. The second-order valence-electron chi connectivity index (χ2n) is 2.78. The Balaban J connectivity index is 2.27. The van der Waals surface area contributed by atoms with Gasteiger partial charge in [0.15, 0.2) is 0 Å². The second kappa shape index (κ2) is 4.18. The van der Waals surface area contributed by atoms with E-state index in [1.807, 2.05) is 0 Å². The lowest BCUT2D eigenvalue weighted by atomic mass is 10.2. The summed E-state index contributed by atoms with van der Waals surface area (Å²) in [5.74, 6) is 0.434. The molecule has 0 unspecified atom stereocenters. The number of carbonyl (C=O) groups excluding carboxylic acids is 1. The van der Waals surface area contributed by atoms with Crippen molar-refractivity contribution in [1.82, 2.24) is 9.97 Å². The molecule has 2 rings (SSSR count). The molecule has 2 aromatic heterocycles. The molecular formula is C10H8N2O2S. The summed E-state index contributed by atoms with van der Waals surface area (Å²) in [7, 11) is 1.53. The van der Waals surface area contributed by atoms with Crippen LogP contribution in [0.5, 0.6) is 5.88 Å². The van der Waals surface area contributed by atoms with Crippen LogP contribution in [0.1, 0.15) is 15.2 Å². The number of nitrogens with zero attached hydrogens (tertiary/aromatic N) is 2. The van der Waals surface area contributed by atoms with Crippen LogP contribution < -0.4 is 4.74 Å². The molecule has 0 aliphatic rings. The Kier molecular flexibility index (Phi) is 2.73. The third kappa shape index (κ3) is 2.02. The highest BCUT2D eigenvalue weighted by molar-refractivity contribution is 7.11. The van der Waals surface area contributed by atoms with Crippen LogP contribution in [-0.4, -0.2) is 22.9 Å². The van der Waals surface area contributed by atoms with Crippen LogP contribution >= 0.6 is 11.3 Å².